The number of para-hydroxylation sites is 1. The maximum Gasteiger partial charge on any atom is 0.348 e. The quantitative estimate of drug-likeness (QED) is 0.645. The number of carbonyl (C=O) groups is 1. The lowest BCUT2D eigenvalue weighted by Crippen LogP contribution is -2.57. The number of hydrogen-bond acceptors (Lipinski definition) is 5. The number of nitrogens with zero attached hydrogens (tertiary/aromatic N) is 2. The number of amides is 1. The molecule has 6 heteroatoms. The topological polar surface area (TPSA) is 75.4 Å². The van der Waals surface area contributed by atoms with Crippen LogP contribution < -0.4 is 10.9 Å². The number of aromatic nitrogens is 1. The van der Waals surface area contributed by atoms with Gasteiger partial charge in [-0.1, -0.05) is 24.3 Å². The van der Waals surface area contributed by atoms with Crippen molar-refractivity contribution in [3.63, 3.8) is 0 Å². The van der Waals surface area contributed by atoms with Crippen LogP contribution in [-0.2, 0) is 0 Å². The number of piperidine rings is 3. The summed E-state index contributed by atoms with van der Waals surface area (Å²) in [5, 5.41) is 4.19. The number of nitrogens with one attached hydrogen (secondary N) is 1. The average Bonchev–Trinajstić information content (AvgIpc) is 2.82. The maximum absolute atomic E-state index is 13.1. The summed E-state index contributed by atoms with van der Waals surface area (Å²) in [6.07, 6.45) is 7.26. The molecule has 6 rings (SSSR count). The molecule has 1 aromatic carbocycles. The van der Waals surface area contributed by atoms with E-state index in [2.05, 4.69) is 27.9 Å². The Balaban J connectivity index is 1.56. The molecule has 2 aromatic heterocycles. The van der Waals surface area contributed by atoms with Crippen molar-refractivity contribution in [1.82, 2.24) is 15.2 Å². The second-order valence-electron chi connectivity index (χ2n) is 8.43. The molecule has 3 fully saturated rings. The van der Waals surface area contributed by atoms with Gasteiger partial charge in [-0.05, 0) is 61.1 Å². The zero-order valence-corrected chi connectivity index (χ0v) is 17.2. The summed E-state index contributed by atoms with van der Waals surface area (Å²) >= 11 is 0. The van der Waals surface area contributed by atoms with Gasteiger partial charge in [-0.2, -0.15) is 0 Å². The van der Waals surface area contributed by atoms with E-state index in [9.17, 15) is 9.59 Å². The Morgan fingerprint density at radius 2 is 2.13 bits per heavy atom. The van der Waals surface area contributed by atoms with Crippen molar-refractivity contribution in [2.24, 2.45) is 11.8 Å². The minimum absolute atomic E-state index is 0.0193. The summed E-state index contributed by atoms with van der Waals surface area (Å²) in [5.41, 5.74) is 1.30. The predicted molar refractivity (Wildman–Crippen MR) is 119 cm³/mol. The van der Waals surface area contributed by atoms with Gasteiger partial charge in [0.1, 0.15) is 5.56 Å². The van der Waals surface area contributed by atoms with Crippen molar-refractivity contribution in [2.45, 2.75) is 24.9 Å². The Hall–Kier alpha value is -3.25. The van der Waals surface area contributed by atoms with Gasteiger partial charge in [0.05, 0.1) is 17.8 Å². The molecule has 6 nitrogen and oxygen atoms in total. The van der Waals surface area contributed by atoms with E-state index in [-0.39, 0.29) is 17.6 Å². The molecule has 2 bridgehead atoms. The zero-order valence-electron chi connectivity index (χ0n) is 17.2. The molecular weight excluding hydrogens is 390 g/mol. The smallest absolute Gasteiger partial charge is 0.348 e. The standard InChI is InChI=1S/C25H25N3O3/c1-2-16-15-28-12-10-17(16)14-22(28)23(27-24(29)20-7-5-13-31-25(20)30)19-9-11-26-21-8-4-3-6-18(19)21/h2-9,11,13,16-17,22-23H,1,10,12,14-15H2,(H,27,29)/t16-,17-,22+,23-/m0/s1. The van der Waals surface area contributed by atoms with Crippen LogP contribution in [0.2, 0.25) is 0 Å². The summed E-state index contributed by atoms with van der Waals surface area (Å²) in [5.74, 6) is 0.627. The first kappa shape index (κ1) is 19.7. The van der Waals surface area contributed by atoms with Crippen LogP contribution in [0, 0.1) is 11.8 Å². The Labute approximate surface area is 180 Å². The third-order valence-electron chi connectivity index (χ3n) is 6.82. The van der Waals surface area contributed by atoms with Crippen molar-refractivity contribution in [3.8, 4) is 0 Å². The molecule has 3 saturated heterocycles. The molecule has 1 N–H and O–H groups in total. The van der Waals surface area contributed by atoms with Crippen LogP contribution in [0.1, 0.15) is 34.8 Å². The van der Waals surface area contributed by atoms with E-state index in [1.165, 1.54) is 12.3 Å². The summed E-state index contributed by atoms with van der Waals surface area (Å²) in [6.45, 7) is 5.97. The molecule has 3 aromatic rings. The molecule has 0 saturated carbocycles. The molecule has 5 atom stereocenters. The van der Waals surface area contributed by atoms with E-state index >= 15 is 0 Å². The molecule has 5 heterocycles. The molecule has 0 spiro atoms. The number of pyridine rings is 1. The monoisotopic (exact) mass is 415 g/mol. The number of hydrogen-bond donors (Lipinski definition) is 1. The van der Waals surface area contributed by atoms with Gasteiger partial charge in [-0.25, -0.2) is 4.79 Å². The van der Waals surface area contributed by atoms with E-state index in [1.807, 2.05) is 30.3 Å². The lowest BCUT2D eigenvalue weighted by molar-refractivity contribution is 0.00168. The first-order chi connectivity index (χ1) is 15.2. The minimum Gasteiger partial charge on any atom is -0.431 e. The highest BCUT2D eigenvalue weighted by Crippen LogP contribution is 2.42. The molecule has 0 aliphatic carbocycles. The molecule has 158 valence electrons. The lowest BCUT2D eigenvalue weighted by Gasteiger charge is -2.51. The van der Waals surface area contributed by atoms with Crippen molar-refractivity contribution >= 4 is 16.8 Å². The SMILES string of the molecule is C=C[C@H]1CN2CC[C@H]1C[C@@H]2[C@@H](NC(=O)c1cccoc1=O)c1ccnc2ccccc12. The van der Waals surface area contributed by atoms with E-state index in [1.54, 1.807) is 12.3 Å². The Morgan fingerprint density at radius 3 is 2.90 bits per heavy atom. The number of benzene rings is 1. The Morgan fingerprint density at radius 1 is 1.26 bits per heavy atom. The summed E-state index contributed by atoms with van der Waals surface area (Å²) < 4.78 is 4.91. The largest absolute Gasteiger partial charge is 0.431 e. The third-order valence-corrected chi connectivity index (χ3v) is 6.82. The van der Waals surface area contributed by atoms with Crippen LogP contribution in [0.25, 0.3) is 10.9 Å². The van der Waals surface area contributed by atoms with Crippen LogP contribution in [-0.4, -0.2) is 34.9 Å². The van der Waals surface area contributed by atoms with E-state index < -0.39 is 11.5 Å². The average molecular weight is 415 g/mol. The van der Waals surface area contributed by atoms with Gasteiger partial charge in [-0.3, -0.25) is 14.7 Å². The predicted octanol–water partition coefficient (Wildman–Crippen LogP) is 3.56. The summed E-state index contributed by atoms with van der Waals surface area (Å²) in [6, 6.07) is 12.9. The van der Waals surface area contributed by atoms with Gasteiger partial charge in [0.15, 0.2) is 0 Å². The molecular formula is C25H25N3O3. The van der Waals surface area contributed by atoms with Crippen LogP contribution in [0.3, 0.4) is 0 Å². The highest BCUT2D eigenvalue weighted by Gasteiger charge is 2.43. The van der Waals surface area contributed by atoms with Crippen molar-refractivity contribution < 1.29 is 9.21 Å². The zero-order chi connectivity index (χ0) is 21.4. The van der Waals surface area contributed by atoms with Crippen LogP contribution in [0.4, 0.5) is 0 Å². The maximum atomic E-state index is 13.1. The van der Waals surface area contributed by atoms with E-state index in [4.69, 9.17) is 4.42 Å². The van der Waals surface area contributed by atoms with E-state index in [0.717, 1.165) is 42.4 Å². The fourth-order valence-corrected chi connectivity index (χ4v) is 5.25. The van der Waals surface area contributed by atoms with Gasteiger partial charge in [0.25, 0.3) is 5.91 Å². The summed E-state index contributed by atoms with van der Waals surface area (Å²) in [4.78, 5) is 32.2. The van der Waals surface area contributed by atoms with Crippen LogP contribution in [0.15, 0.2) is 76.8 Å². The normalized spacial score (nSPS) is 25.8. The minimum atomic E-state index is -0.629. The van der Waals surface area contributed by atoms with Gasteiger partial charge in [-0.15, -0.1) is 6.58 Å². The first-order valence-electron chi connectivity index (χ1n) is 10.7. The molecule has 0 radical (unpaired) electrons. The fourth-order valence-electron chi connectivity index (χ4n) is 5.25. The van der Waals surface area contributed by atoms with Crippen molar-refractivity contribution in [2.75, 3.05) is 13.1 Å². The van der Waals surface area contributed by atoms with Crippen LogP contribution in [0.5, 0.6) is 0 Å². The van der Waals surface area contributed by atoms with Gasteiger partial charge in [0.2, 0.25) is 0 Å². The molecule has 3 aliphatic rings. The number of rotatable bonds is 5. The summed E-state index contributed by atoms with van der Waals surface area (Å²) in [7, 11) is 0. The van der Waals surface area contributed by atoms with Gasteiger partial charge >= 0.3 is 5.63 Å². The second-order valence-corrected chi connectivity index (χ2v) is 8.43. The Bertz CT molecular complexity index is 1180. The molecule has 3 aliphatic heterocycles. The highest BCUT2D eigenvalue weighted by atomic mass is 16.4. The van der Waals surface area contributed by atoms with Crippen molar-refractivity contribution in [1.29, 1.82) is 0 Å². The molecule has 1 amide bonds. The Kier molecular flexibility index (Phi) is 5.16. The fraction of sp³-hybridized carbons (Fsp3) is 0.320. The molecule has 1 unspecified atom stereocenters. The van der Waals surface area contributed by atoms with Gasteiger partial charge in [0, 0.05) is 24.2 Å². The molecule has 31 heavy (non-hydrogen) atoms. The number of fused-ring (bicyclic) bond motifs is 4. The highest BCUT2D eigenvalue weighted by molar-refractivity contribution is 5.94. The van der Waals surface area contributed by atoms with Gasteiger partial charge < -0.3 is 9.73 Å². The second kappa shape index (κ2) is 8.12. The first-order valence-corrected chi connectivity index (χ1v) is 10.7. The number of carbonyl (C=O) groups excluding carboxylic acids is 1. The van der Waals surface area contributed by atoms with E-state index in [0.29, 0.717) is 11.8 Å². The van der Waals surface area contributed by atoms with Crippen LogP contribution >= 0.6 is 0 Å². The van der Waals surface area contributed by atoms with Crippen molar-refractivity contribution in [3.05, 3.63) is 89.1 Å². The lowest BCUT2D eigenvalue weighted by atomic mass is 9.73. The third kappa shape index (κ3) is 3.57.